The number of aryl methyl sites for hydroxylation is 1. The third-order valence-electron chi connectivity index (χ3n) is 4.40. The lowest BCUT2D eigenvalue weighted by molar-refractivity contribution is 0.101. The maximum Gasteiger partial charge on any atom is 0.160 e. The van der Waals surface area contributed by atoms with Crippen LogP contribution in [-0.2, 0) is 7.05 Å². The standard InChI is InChI=1S/C19H17N3O2/c1-11(23)13-6-7-20-19-15(13)9-17(21-19)16-10-22(2)18-5-4-12(24-3)8-14(16)18/h4-10H,1-3H3,(H,20,21). The van der Waals surface area contributed by atoms with Crippen LogP contribution in [0.4, 0.5) is 0 Å². The Kier molecular flexibility index (Phi) is 3.16. The number of benzene rings is 1. The fourth-order valence-corrected chi connectivity index (χ4v) is 3.19. The summed E-state index contributed by atoms with van der Waals surface area (Å²) in [6, 6.07) is 9.77. The number of fused-ring (bicyclic) bond motifs is 2. The third kappa shape index (κ3) is 2.09. The van der Waals surface area contributed by atoms with Gasteiger partial charge in [0.25, 0.3) is 0 Å². The SMILES string of the molecule is COc1ccc2c(c1)c(-c1cc3c(C(C)=O)ccnc3[nH]1)cn2C. The van der Waals surface area contributed by atoms with Crippen LogP contribution in [0.25, 0.3) is 33.2 Å². The van der Waals surface area contributed by atoms with Crippen molar-refractivity contribution in [1.82, 2.24) is 14.5 Å². The summed E-state index contributed by atoms with van der Waals surface area (Å²) in [5.41, 5.74) is 4.51. The number of nitrogens with zero attached hydrogens (tertiary/aromatic N) is 2. The molecule has 3 heterocycles. The molecule has 0 radical (unpaired) electrons. The van der Waals surface area contributed by atoms with Crippen molar-refractivity contribution < 1.29 is 9.53 Å². The fourth-order valence-electron chi connectivity index (χ4n) is 3.19. The van der Waals surface area contributed by atoms with Crippen molar-refractivity contribution in [2.45, 2.75) is 6.92 Å². The van der Waals surface area contributed by atoms with Gasteiger partial charge >= 0.3 is 0 Å². The smallest absolute Gasteiger partial charge is 0.160 e. The molecular weight excluding hydrogens is 302 g/mol. The molecule has 0 saturated carbocycles. The molecule has 0 aliphatic rings. The molecule has 0 spiro atoms. The molecule has 4 rings (SSSR count). The average Bonchev–Trinajstić information content (AvgIpc) is 3.15. The number of hydrogen-bond donors (Lipinski definition) is 1. The number of H-pyrrole nitrogens is 1. The molecular formula is C19H17N3O2. The van der Waals surface area contributed by atoms with Crippen molar-refractivity contribution >= 4 is 27.7 Å². The van der Waals surface area contributed by atoms with Crippen molar-refractivity contribution in [2.24, 2.45) is 7.05 Å². The molecule has 0 unspecified atom stereocenters. The lowest BCUT2D eigenvalue weighted by Gasteiger charge is -2.01. The number of hydrogen-bond acceptors (Lipinski definition) is 3. The second-order valence-corrected chi connectivity index (χ2v) is 5.90. The Morgan fingerprint density at radius 3 is 2.79 bits per heavy atom. The highest BCUT2D eigenvalue weighted by Crippen LogP contribution is 2.34. The highest BCUT2D eigenvalue weighted by atomic mass is 16.5. The van der Waals surface area contributed by atoms with Gasteiger partial charge in [0.15, 0.2) is 5.78 Å². The molecule has 0 bridgehead atoms. The first-order chi connectivity index (χ1) is 11.6. The zero-order chi connectivity index (χ0) is 16.8. The molecule has 5 nitrogen and oxygen atoms in total. The van der Waals surface area contributed by atoms with Crippen molar-refractivity contribution in [3.63, 3.8) is 0 Å². The summed E-state index contributed by atoms with van der Waals surface area (Å²) in [4.78, 5) is 19.5. The number of rotatable bonds is 3. The Bertz CT molecular complexity index is 1090. The minimum atomic E-state index is 0.0348. The molecule has 0 amide bonds. The van der Waals surface area contributed by atoms with Crippen LogP contribution < -0.4 is 4.74 Å². The van der Waals surface area contributed by atoms with E-state index >= 15 is 0 Å². The predicted octanol–water partition coefficient (Wildman–Crippen LogP) is 3.93. The lowest BCUT2D eigenvalue weighted by atomic mass is 10.1. The summed E-state index contributed by atoms with van der Waals surface area (Å²) in [5, 5.41) is 1.94. The van der Waals surface area contributed by atoms with Gasteiger partial charge in [-0.15, -0.1) is 0 Å². The van der Waals surface area contributed by atoms with E-state index in [0.717, 1.165) is 38.9 Å². The topological polar surface area (TPSA) is 59.9 Å². The van der Waals surface area contributed by atoms with E-state index in [1.807, 2.05) is 31.3 Å². The van der Waals surface area contributed by atoms with Crippen LogP contribution in [0.15, 0.2) is 42.7 Å². The van der Waals surface area contributed by atoms with Gasteiger partial charge in [0.2, 0.25) is 0 Å². The van der Waals surface area contributed by atoms with E-state index in [4.69, 9.17) is 4.74 Å². The largest absolute Gasteiger partial charge is 0.497 e. The Labute approximate surface area is 138 Å². The Balaban J connectivity index is 1.99. The van der Waals surface area contributed by atoms with Gasteiger partial charge < -0.3 is 14.3 Å². The second-order valence-electron chi connectivity index (χ2n) is 5.90. The summed E-state index contributed by atoms with van der Waals surface area (Å²) < 4.78 is 7.43. The van der Waals surface area contributed by atoms with Gasteiger partial charge in [0, 0.05) is 52.6 Å². The summed E-state index contributed by atoms with van der Waals surface area (Å²) in [7, 11) is 3.68. The normalized spacial score (nSPS) is 11.3. The minimum absolute atomic E-state index is 0.0348. The molecule has 24 heavy (non-hydrogen) atoms. The number of methoxy groups -OCH3 is 1. The van der Waals surface area contributed by atoms with E-state index in [-0.39, 0.29) is 5.78 Å². The molecule has 3 aromatic heterocycles. The molecule has 1 N–H and O–H groups in total. The van der Waals surface area contributed by atoms with Crippen LogP contribution in [0.5, 0.6) is 5.75 Å². The summed E-state index contributed by atoms with van der Waals surface area (Å²) >= 11 is 0. The highest BCUT2D eigenvalue weighted by molar-refractivity contribution is 6.07. The minimum Gasteiger partial charge on any atom is -0.497 e. The maximum atomic E-state index is 11.8. The molecule has 4 aromatic rings. The molecule has 0 atom stereocenters. The number of Topliss-reactive ketones (excluding diaryl/α,β-unsaturated/α-hetero) is 1. The van der Waals surface area contributed by atoms with E-state index in [9.17, 15) is 4.79 Å². The number of carbonyl (C=O) groups excluding carboxylic acids is 1. The maximum absolute atomic E-state index is 11.8. The Morgan fingerprint density at radius 1 is 1.21 bits per heavy atom. The van der Waals surface area contributed by atoms with E-state index in [1.54, 1.807) is 26.3 Å². The van der Waals surface area contributed by atoms with Crippen molar-refractivity contribution in [2.75, 3.05) is 7.11 Å². The molecule has 5 heteroatoms. The monoisotopic (exact) mass is 319 g/mol. The second kappa shape index (κ2) is 5.23. The number of aromatic amines is 1. The van der Waals surface area contributed by atoms with Gasteiger partial charge in [-0.2, -0.15) is 0 Å². The van der Waals surface area contributed by atoms with Gasteiger partial charge in [-0.05, 0) is 37.3 Å². The van der Waals surface area contributed by atoms with Gasteiger partial charge in [-0.1, -0.05) is 0 Å². The number of nitrogens with one attached hydrogen (secondary N) is 1. The van der Waals surface area contributed by atoms with Crippen molar-refractivity contribution in [1.29, 1.82) is 0 Å². The molecule has 120 valence electrons. The van der Waals surface area contributed by atoms with Crippen LogP contribution in [0.2, 0.25) is 0 Å². The number of ether oxygens (including phenoxy) is 1. The number of carbonyl (C=O) groups is 1. The average molecular weight is 319 g/mol. The first kappa shape index (κ1) is 14.5. The fraction of sp³-hybridized carbons (Fsp3) is 0.158. The van der Waals surface area contributed by atoms with Crippen molar-refractivity contribution in [3.05, 3.63) is 48.3 Å². The number of pyridine rings is 1. The van der Waals surface area contributed by atoms with E-state index in [1.165, 1.54) is 0 Å². The van der Waals surface area contributed by atoms with Crippen molar-refractivity contribution in [3.8, 4) is 17.0 Å². The van der Waals surface area contributed by atoms with E-state index < -0.39 is 0 Å². The zero-order valence-corrected chi connectivity index (χ0v) is 13.8. The molecule has 0 aliphatic heterocycles. The first-order valence-corrected chi connectivity index (χ1v) is 7.70. The quantitative estimate of drug-likeness (QED) is 0.582. The summed E-state index contributed by atoms with van der Waals surface area (Å²) in [5.74, 6) is 0.848. The van der Waals surface area contributed by atoms with E-state index in [0.29, 0.717) is 5.56 Å². The molecule has 0 fully saturated rings. The third-order valence-corrected chi connectivity index (χ3v) is 4.40. The van der Waals surface area contributed by atoms with Gasteiger partial charge in [-0.3, -0.25) is 4.79 Å². The summed E-state index contributed by atoms with van der Waals surface area (Å²) in [6.07, 6.45) is 3.73. The number of ketones is 1. The van der Waals surface area contributed by atoms with Crippen LogP contribution in [-0.4, -0.2) is 27.4 Å². The highest BCUT2D eigenvalue weighted by Gasteiger charge is 2.15. The van der Waals surface area contributed by atoms with Crippen LogP contribution in [0.3, 0.4) is 0 Å². The van der Waals surface area contributed by atoms with Gasteiger partial charge in [0.05, 0.1) is 7.11 Å². The Hall–Kier alpha value is -3.08. The molecule has 0 saturated heterocycles. The molecule has 0 aliphatic carbocycles. The predicted molar refractivity (Wildman–Crippen MR) is 94.6 cm³/mol. The lowest BCUT2D eigenvalue weighted by Crippen LogP contribution is -1.92. The number of aromatic nitrogens is 3. The van der Waals surface area contributed by atoms with Gasteiger partial charge in [-0.25, -0.2) is 4.98 Å². The van der Waals surface area contributed by atoms with Crippen LogP contribution in [0.1, 0.15) is 17.3 Å². The van der Waals surface area contributed by atoms with Crippen LogP contribution >= 0.6 is 0 Å². The first-order valence-electron chi connectivity index (χ1n) is 7.70. The van der Waals surface area contributed by atoms with E-state index in [2.05, 4.69) is 20.7 Å². The summed E-state index contributed by atoms with van der Waals surface area (Å²) in [6.45, 7) is 1.57. The molecule has 1 aromatic carbocycles. The van der Waals surface area contributed by atoms with Crippen LogP contribution in [0, 0.1) is 0 Å². The zero-order valence-electron chi connectivity index (χ0n) is 13.8. The Morgan fingerprint density at radius 2 is 2.04 bits per heavy atom. The van der Waals surface area contributed by atoms with Gasteiger partial charge in [0.1, 0.15) is 11.4 Å².